The van der Waals surface area contributed by atoms with Crippen LogP contribution in [0.4, 0.5) is 10.1 Å². The van der Waals surface area contributed by atoms with Crippen LogP contribution in [0.25, 0.3) is 0 Å². The zero-order valence-corrected chi connectivity index (χ0v) is 11.8. The topological polar surface area (TPSA) is 32.3 Å². The van der Waals surface area contributed by atoms with Gasteiger partial charge in [-0.2, -0.15) is 0 Å². The van der Waals surface area contributed by atoms with E-state index in [0.717, 1.165) is 18.5 Å². The quantitative estimate of drug-likeness (QED) is 0.838. The molecule has 0 radical (unpaired) electrons. The van der Waals surface area contributed by atoms with Gasteiger partial charge in [-0.15, -0.1) is 0 Å². The Morgan fingerprint density at radius 2 is 2.00 bits per heavy atom. The van der Waals surface area contributed by atoms with E-state index in [1.807, 2.05) is 6.07 Å². The zero-order valence-electron chi connectivity index (χ0n) is 10.3. The van der Waals surface area contributed by atoms with Crippen molar-refractivity contribution in [1.82, 2.24) is 0 Å². The van der Waals surface area contributed by atoms with E-state index in [4.69, 9.17) is 0 Å². The van der Waals surface area contributed by atoms with Crippen LogP contribution in [0.3, 0.4) is 0 Å². The number of benzene rings is 1. The van der Waals surface area contributed by atoms with Crippen LogP contribution in [0, 0.1) is 11.2 Å². The summed E-state index contributed by atoms with van der Waals surface area (Å²) in [6, 6.07) is 4.95. The number of halogens is 2. The standard InChI is InChI=1S/C13H19BrFNO/c1-3-13(4-2,9-17)8-16-10-5-6-11(14)12(15)7-10/h5-7,16-17H,3-4,8-9H2,1-2H3. The molecule has 0 aliphatic heterocycles. The van der Waals surface area contributed by atoms with Gasteiger partial charge in [0.25, 0.3) is 0 Å². The molecule has 0 saturated heterocycles. The van der Waals surface area contributed by atoms with Crippen LogP contribution < -0.4 is 5.32 Å². The van der Waals surface area contributed by atoms with Crippen LogP contribution in [0.1, 0.15) is 26.7 Å². The van der Waals surface area contributed by atoms with E-state index < -0.39 is 0 Å². The molecule has 0 aliphatic rings. The number of rotatable bonds is 6. The Morgan fingerprint density at radius 3 is 2.47 bits per heavy atom. The van der Waals surface area contributed by atoms with E-state index >= 15 is 0 Å². The van der Waals surface area contributed by atoms with Crippen molar-refractivity contribution in [2.45, 2.75) is 26.7 Å². The average Bonchev–Trinajstić information content (AvgIpc) is 2.36. The third-order valence-electron chi connectivity index (χ3n) is 3.42. The summed E-state index contributed by atoms with van der Waals surface area (Å²) in [5.74, 6) is -0.280. The summed E-state index contributed by atoms with van der Waals surface area (Å²) < 4.78 is 13.8. The van der Waals surface area contributed by atoms with Crippen LogP contribution in [-0.4, -0.2) is 18.3 Å². The molecule has 2 nitrogen and oxygen atoms in total. The van der Waals surface area contributed by atoms with Crippen molar-refractivity contribution in [2.24, 2.45) is 5.41 Å². The van der Waals surface area contributed by atoms with E-state index in [1.54, 1.807) is 6.07 Å². The molecule has 0 saturated carbocycles. The van der Waals surface area contributed by atoms with Crippen molar-refractivity contribution in [2.75, 3.05) is 18.5 Å². The molecule has 17 heavy (non-hydrogen) atoms. The molecule has 0 bridgehead atoms. The van der Waals surface area contributed by atoms with E-state index in [1.165, 1.54) is 6.07 Å². The van der Waals surface area contributed by atoms with Gasteiger partial charge in [0.15, 0.2) is 0 Å². The summed E-state index contributed by atoms with van der Waals surface area (Å²) in [7, 11) is 0. The predicted octanol–water partition coefficient (Wildman–Crippen LogP) is 3.80. The minimum Gasteiger partial charge on any atom is -0.396 e. The van der Waals surface area contributed by atoms with Crippen molar-refractivity contribution in [3.8, 4) is 0 Å². The highest BCUT2D eigenvalue weighted by atomic mass is 79.9. The van der Waals surface area contributed by atoms with Crippen molar-refractivity contribution < 1.29 is 9.50 Å². The van der Waals surface area contributed by atoms with Crippen LogP contribution in [0.15, 0.2) is 22.7 Å². The van der Waals surface area contributed by atoms with Gasteiger partial charge in [0, 0.05) is 17.6 Å². The van der Waals surface area contributed by atoms with Gasteiger partial charge in [0.1, 0.15) is 5.82 Å². The summed E-state index contributed by atoms with van der Waals surface area (Å²) in [6.07, 6.45) is 1.79. The van der Waals surface area contributed by atoms with Gasteiger partial charge in [-0.3, -0.25) is 0 Å². The van der Waals surface area contributed by atoms with E-state index in [9.17, 15) is 9.50 Å². The molecule has 1 aromatic rings. The second-order valence-corrected chi connectivity index (χ2v) is 5.20. The van der Waals surface area contributed by atoms with Gasteiger partial charge >= 0.3 is 0 Å². The maximum atomic E-state index is 13.3. The SMILES string of the molecule is CCC(CC)(CO)CNc1ccc(Br)c(F)c1. The number of hydrogen-bond donors (Lipinski definition) is 2. The Hall–Kier alpha value is -0.610. The minimum atomic E-state index is -0.280. The molecule has 0 unspecified atom stereocenters. The van der Waals surface area contributed by atoms with Gasteiger partial charge in [-0.25, -0.2) is 4.39 Å². The Labute approximate surface area is 110 Å². The summed E-state index contributed by atoms with van der Waals surface area (Å²) in [5, 5.41) is 12.6. The first-order valence-corrected chi connectivity index (χ1v) is 6.66. The lowest BCUT2D eigenvalue weighted by Crippen LogP contribution is -2.32. The van der Waals surface area contributed by atoms with Gasteiger partial charge in [0.05, 0.1) is 11.1 Å². The Kier molecular flexibility index (Phi) is 5.40. The molecule has 1 rings (SSSR count). The third-order valence-corrected chi connectivity index (χ3v) is 4.07. The molecular formula is C13H19BrFNO. The molecule has 4 heteroatoms. The molecule has 0 aromatic heterocycles. The number of nitrogens with one attached hydrogen (secondary N) is 1. The van der Waals surface area contributed by atoms with E-state index in [2.05, 4.69) is 35.1 Å². The highest BCUT2D eigenvalue weighted by molar-refractivity contribution is 9.10. The molecule has 0 heterocycles. The number of aliphatic hydroxyl groups is 1. The van der Waals surface area contributed by atoms with Gasteiger partial charge < -0.3 is 10.4 Å². The Morgan fingerprint density at radius 1 is 1.35 bits per heavy atom. The van der Waals surface area contributed by atoms with Crippen LogP contribution in [-0.2, 0) is 0 Å². The number of anilines is 1. The van der Waals surface area contributed by atoms with Crippen molar-refractivity contribution in [1.29, 1.82) is 0 Å². The smallest absolute Gasteiger partial charge is 0.139 e. The highest BCUT2D eigenvalue weighted by Gasteiger charge is 2.24. The second-order valence-electron chi connectivity index (χ2n) is 4.35. The Bertz CT molecular complexity index is 358. The van der Waals surface area contributed by atoms with Gasteiger partial charge in [-0.05, 0) is 47.0 Å². The highest BCUT2D eigenvalue weighted by Crippen LogP contribution is 2.27. The van der Waals surface area contributed by atoms with E-state index in [-0.39, 0.29) is 17.8 Å². The third kappa shape index (κ3) is 3.68. The monoisotopic (exact) mass is 303 g/mol. The minimum absolute atomic E-state index is 0.121. The fraction of sp³-hybridized carbons (Fsp3) is 0.538. The fourth-order valence-corrected chi connectivity index (χ4v) is 1.92. The predicted molar refractivity (Wildman–Crippen MR) is 72.7 cm³/mol. The maximum Gasteiger partial charge on any atom is 0.139 e. The van der Waals surface area contributed by atoms with Crippen molar-refractivity contribution in [3.05, 3.63) is 28.5 Å². The number of hydrogen-bond acceptors (Lipinski definition) is 2. The molecule has 1 aromatic carbocycles. The first-order valence-electron chi connectivity index (χ1n) is 5.86. The molecule has 0 aliphatic carbocycles. The van der Waals surface area contributed by atoms with Crippen LogP contribution in [0.2, 0.25) is 0 Å². The Balaban J connectivity index is 2.68. The molecule has 2 N–H and O–H groups in total. The van der Waals surface area contributed by atoms with Gasteiger partial charge in [-0.1, -0.05) is 13.8 Å². The normalized spacial score (nSPS) is 11.6. The summed E-state index contributed by atoms with van der Waals surface area (Å²) in [4.78, 5) is 0. The largest absolute Gasteiger partial charge is 0.396 e. The van der Waals surface area contributed by atoms with Crippen LogP contribution >= 0.6 is 15.9 Å². The van der Waals surface area contributed by atoms with Gasteiger partial charge in [0.2, 0.25) is 0 Å². The van der Waals surface area contributed by atoms with Crippen molar-refractivity contribution >= 4 is 21.6 Å². The van der Waals surface area contributed by atoms with Crippen LogP contribution in [0.5, 0.6) is 0 Å². The molecular weight excluding hydrogens is 285 g/mol. The van der Waals surface area contributed by atoms with E-state index in [0.29, 0.717) is 11.0 Å². The lowest BCUT2D eigenvalue weighted by atomic mass is 9.83. The lowest BCUT2D eigenvalue weighted by Gasteiger charge is -2.30. The lowest BCUT2D eigenvalue weighted by molar-refractivity contribution is 0.127. The maximum absolute atomic E-state index is 13.3. The zero-order chi connectivity index (χ0) is 12.9. The number of aliphatic hydroxyl groups excluding tert-OH is 1. The first kappa shape index (κ1) is 14.5. The summed E-state index contributed by atoms with van der Waals surface area (Å²) >= 11 is 3.12. The summed E-state index contributed by atoms with van der Waals surface area (Å²) in [6.45, 7) is 4.91. The molecule has 0 spiro atoms. The van der Waals surface area contributed by atoms with Crippen molar-refractivity contribution in [3.63, 3.8) is 0 Å². The fourth-order valence-electron chi connectivity index (χ4n) is 1.68. The second kappa shape index (κ2) is 6.36. The average molecular weight is 304 g/mol. The molecule has 0 fully saturated rings. The molecule has 0 atom stereocenters. The molecule has 0 amide bonds. The summed E-state index contributed by atoms with van der Waals surface area (Å²) in [5.41, 5.74) is 0.620. The first-order chi connectivity index (χ1) is 8.06. The molecule has 96 valence electrons.